The Morgan fingerprint density at radius 3 is 2.75 bits per heavy atom. The highest BCUT2D eigenvalue weighted by atomic mass is 35.5. The van der Waals surface area contributed by atoms with E-state index in [0.717, 1.165) is 5.69 Å². The van der Waals surface area contributed by atoms with Crippen molar-refractivity contribution in [2.24, 2.45) is 0 Å². The van der Waals surface area contributed by atoms with Gasteiger partial charge in [-0.15, -0.1) is 0 Å². The third-order valence-electron chi connectivity index (χ3n) is 3.04. The molecule has 0 aliphatic rings. The van der Waals surface area contributed by atoms with E-state index in [1.165, 1.54) is 12.1 Å². The SMILES string of the molecule is COc1ccc(-n2c(N)nc3cc(F)ccc32)cc1Cl. The second-order valence-electron chi connectivity index (χ2n) is 4.26. The predicted molar refractivity (Wildman–Crippen MR) is 77.0 cm³/mol. The lowest BCUT2D eigenvalue weighted by Crippen LogP contribution is -2.00. The summed E-state index contributed by atoms with van der Waals surface area (Å²) in [6, 6.07) is 9.61. The van der Waals surface area contributed by atoms with Crippen molar-refractivity contribution >= 4 is 28.6 Å². The minimum atomic E-state index is -0.352. The molecule has 2 N–H and O–H groups in total. The predicted octanol–water partition coefficient (Wildman–Crippen LogP) is 3.41. The van der Waals surface area contributed by atoms with Crippen molar-refractivity contribution in [1.82, 2.24) is 9.55 Å². The van der Waals surface area contributed by atoms with Crippen LogP contribution in [0.2, 0.25) is 5.02 Å². The lowest BCUT2D eigenvalue weighted by molar-refractivity contribution is 0.415. The molecule has 0 saturated heterocycles. The van der Waals surface area contributed by atoms with Gasteiger partial charge in [0.15, 0.2) is 0 Å². The van der Waals surface area contributed by atoms with Crippen LogP contribution >= 0.6 is 11.6 Å². The van der Waals surface area contributed by atoms with E-state index in [-0.39, 0.29) is 11.8 Å². The molecular formula is C14H11ClFN3O. The van der Waals surface area contributed by atoms with Crippen LogP contribution in [0.25, 0.3) is 16.7 Å². The van der Waals surface area contributed by atoms with Gasteiger partial charge in [-0.1, -0.05) is 11.6 Å². The molecule has 0 spiro atoms. The van der Waals surface area contributed by atoms with E-state index in [0.29, 0.717) is 21.8 Å². The fraction of sp³-hybridized carbons (Fsp3) is 0.0714. The number of methoxy groups -OCH3 is 1. The summed E-state index contributed by atoms with van der Waals surface area (Å²) in [4.78, 5) is 4.15. The quantitative estimate of drug-likeness (QED) is 0.787. The van der Waals surface area contributed by atoms with Crippen LogP contribution in [-0.2, 0) is 0 Å². The van der Waals surface area contributed by atoms with Crippen molar-refractivity contribution in [3.05, 3.63) is 47.2 Å². The number of halogens is 2. The van der Waals surface area contributed by atoms with Crippen LogP contribution in [-0.4, -0.2) is 16.7 Å². The third kappa shape index (κ3) is 1.96. The first-order chi connectivity index (χ1) is 9.60. The molecule has 0 atom stereocenters. The van der Waals surface area contributed by atoms with Gasteiger partial charge in [-0.3, -0.25) is 4.57 Å². The maximum absolute atomic E-state index is 13.2. The first-order valence-electron chi connectivity index (χ1n) is 5.87. The molecule has 102 valence electrons. The fourth-order valence-electron chi connectivity index (χ4n) is 2.14. The molecule has 0 bridgehead atoms. The molecule has 1 heterocycles. The first-order valence-corrected chi connectivity index (χ1v) is 6.25. The molecule has 0 saturated carbocycles. The number of imidazole rings is 1. The van der Waals surface area contributed by atoms with Crippen LogP contribution in [0.4, 0.5) is 10.3 Å². The second kappa shape index (κ2) is 4.68. The zero-order valence-corrected chi connectivity index (χ0v) is 11.4. The summed E-state index contributed by atoms with van der Waals surface area (Å²) in [6.07, 6.45) is 0. The molecule has 3 aromatic rings. The highest BCUT2D eigenvalue weighted by molar-refractivity contribution is 6.32. The number of rotatable bonds is 2. The van der Waals surface area contributed by atoms with Gasteiger partial charge >= 0.3 is 0 Å². The molecule has 0 fully saturated rings. The van der Waals surface area contributed by atoms with Crippen molar-refractivity contribution in [3.63, 3.8) is 0 Å². The maximum Gasteiger partial charge on any atom is 0.205 e. The van der Waals surface area contributed by atoms with E-state index in [1.807, 2.05) is 6.07 Å². The zero-order chi connectivity index (χ0) is 14.3. The van der Waals surface area contributed by atoms with Crippen molar-refractivity contribution in [3.8, 4) is 11.4 Å². The molecule has 2 aromatic carbocycles. The lowest BCUT2D eigenvalue weighted by Gasteiger charge is -2.09. The fourth-order valence-corrected chi connectivity index (χ4v) is 2.39. The Kier molecular flexibility index (Phi) is 2.99. The molecule has 0 radical (unpaired) electrons. The highest BCUT2D eigenvalue weighted by Gasteiger charge is 2.12. The average Bonchev–Trinajstić information content (AvgIpc) is 2.73. The van der Waals surface area contributed by atoms with Crippen molar-refractivity contribution in [2.45, 2.75) is 0 Å². The van der Waals surface area contributed by atoms with Gasteiger partial charge in [-0.25, -0.2) is 9.37 Å². The summed E-state index contributed by atoms with van der Waals surface area (Å²) in [5.41, 5.74) is 7.86. The summed E-state index contributed by atoms with van der Waals surface area (Å²) in [5, 5.41) is 0.466. The van der Waals surface area contributed by atoms with Crippen LogP contribution < -0.4 is 10.5 Å². The van der Waals surface area contributed by atoms with Crippen molar-refractivity contribution < 1.29 is 9.13 Å². The summed E-state index contributed by atoms with van der Waals surface area (Å²) >= 11 is 6.12. The third-order valence-corrected chi connectivity index (χ3v) is 3.33. The van der Waals surface area contributed by atoms with Gasteiger partial charge < -0.3 is 10.5 Å². The number of anilines is 1. The van der Waals surface area contributed by atoms with Crippen LogP contribution in [0.5, 0.6) is 5.75 Å². The maximum atomic E-state index is 13.2. The molecule has 0 unspecified atom stereocenters. The van der Waals surface area contributed by atoms with Gasteiger partial charge in [0.05, 0.1) is 28.9 Å². The number of ether oxygens (including phenoxy) is 1. The monoisotopic (exact) mass is 291 g/mol. The molecule has 1 aromatic heterocycles. The Bertz CT molecular complexity index is 800. The molecule has 0 aliphatic heterocycles. The summed E-state index contributed by atoms with van der Waals surface area (Å²) in [7, 11) is 1.55. The standard InChI is InChI=1S/C14H11ClFN3O/c1-20-13-5-3-9(7-10(13)15)19-12-4-2-8(16)6-11(12)18-14(19)17/h2-7H,1H3,(H2,17,18). The van der Waals surface area contributed by atoms with Gasteiger partial charge in [0.2, 0.25) is 5.95 Å². The summed E-state index contributed by atoms with van der Waals surface area (Å²) in [6.45, 7) is 0. The number of nitrogen functional groups attached to an aromatic ring is 1. The molecule has 20 heavy (non-hydrogen) atoms. The largest absolute Gasteiger partial charge is 0.495 e. The number of nitrogens with zero attached hydrogens (tertiary/aromatic N) is 2. The van der Waals surface area contributed by atoms with Crippen LogP contribution in [0.3, 0.4) is 0 Å². The number of benzene rings is 2. The van der Waals surface area contributed by atoms with Gasteiger partial charge in [0.25, 0.3) is 0 Å². The summed E-state index contributed by atoms with van der Waals surface area (Å²) < 4.78 is 20.0. The van der Waals surface area contributed by atoms with Crippen molar-refractivity contribution in [1.29, 1.82) is 0 Å². The van der Waals surface area contributed by atoms with E-state index in [9.17, 15) is 4.39 Å². The molecule has 6 heteroatoms. The lowest BCUT2D eigenvalue weighted by atomic mass is 10.2. The Hall–Kier alpha value is -2.27. The molecular weight excluding hydrogens is 281 g/mol. The van der Waals surface area contributed by atoms with E-state index in [2.05, 4.69) is 4.98 Å². The number of nitrogens with two attached hydrogens (primary N) is 1. The molecule has 3 rings (SSSR count). The number of hydrogen-bond donors (Lipinski definition) is 1. The minimum Gasteiger partial charge on any atom is -0.495 e. The van der Waals surface area contributed by atoms with Gasteiger partial charge in [-0.05, 0) is 30.3 Å². The van der Waals surface area contributed by atoms with E-state index in [1.54, 1.807) is 29.9 Å². The van der Waals surface area contributed by atoms with Gasteiger partial charge in [0.1, 0.15) is 11.6 Å². The van der Waals surface area contributed by atoms with E-state index in [4.69, 9.17) is 22.1 Å². The smallest absolute Gasteiger partial charge is 0.205 e. The van der Waals surface area contributed by atoms with Crippen LogP contribution in [0, 0.1) is 5.82 Å². The number of fused-ring (bicyclic) bond motifs is 1. The number of aromatic nitrogens is 2. The first kappa shape index (κ1) is 12.7. The molecule has 0 amide bonds. The molecule has 0 aliphatic carbocycles. The summed E-state index contributed by atoms with van der Waals surface area (Å²) in [5.74, 6) is 0.492. The average molecular weight is 292 g/mol. The van der Waals surface area contributed by atoms with Crippen molar-refractivity contribution in [2.75, 3.05) is 12.8 Å². The molecule has 4 nitrogen and oxygen atoms in total. The zero-order valence-electron chi connectivity index (χ0n) is 10.6. The second-order valence-corrected chi connectivity index (χ2v) is 4.66. The number of hydrogen-bond acceptors (Lipinski definition) is 3. The minimum absolute atomic E-state index is 0.270. The van der Waals surface area contributed by atoms with Gasteiger partial charge in [-0.2, -0.15) is 0 Å². The Morgan fingerprint density at radius 1 is 1.25 bits per heavy atom. The normalized spacial score (nSPS) is 10.9. The van der Waals surface area contributed by atoms with E-state index < -0.39 is 0 Å². The topological polar surface area (TPSA) is 53.1 Å². The van der Waals surface area contributed by atoms with Crippen LogP contribution in [0.15, 0.2) is 36.4 Å². The Labute approximate surface area is 119 Å². The van der Waals surface area contributed by atoms with Gasteiger partial charge in [0, 0.05) is 6.07 Å². The van der Waals surface area contributed by atoms with E-state index >= 15 is 0 Å². The Morgan fingerprint density at radius 2 is 2.05 bits per heavy atom. The Balaban J connectivity index is 2.23. The highest BCUT2D eigenvalue weighted by Crippen LogP contribution is 2.30. The van der Waals surface area contributed by atoms with Crippen LogP contribution in [0.1, 0.15) is 0 Å².